The number of nitrogens with zero attached hydrogens (tertiary/aromatic N) is 1. The maximum Gasteiger partial charge on any atom is 0.0205 e. The lowest BCUT2D eigenvalue weighted by Crippen LogP contribution is -2.40. The number of rotatable bonds is 7. The Morgan fingerprint density at radius 3 is 2.25 bits per heavy atom. The smallest absolute Gasteiger partial charge is 0.0205 e. The van der Waals surface area contributed by atoms with E-state index in [2.05, 4.69) is 58.3 Å². The van der Waals surface area contributed by atoms with Crippen molar-refractivity contribution < 1.29 is 0 Å². The first-order chi connectivity index (χ1) is 7.30. The highest BCUT2D eigenvalue weighted by Crippen LogP contribution is 2.07. The molecule has 0 heterocycles. The van der Waals surface area contributed by atoms with Gasteiger partial charge in [0.05, 0.1) is 0 Å². The van der Waals surface area contributed by atoms with Crippen molar-refractivity contribution in [1.82, 2.24) is 10.2 Å². The topological polar surface area (TPSA) is 15.3 Å². The normalized spacial score (nSPS) is 14.2. The molecule has 0 saturated heterocycles. The molecule has 1 N–H and O–H groups in total. The molecule has 96 valence electrons. The van der Waals surface area contributed by atoms with Crippen molar-refractivity contribution >= 4 is 0 Å². The fourth-order valence-corrected chi connectivity index (χ4v) is 1.57. The molecule has 0 aliphatic carbocycles. The monoisotopic (exact) mass is 226 g/mol. The van der Waals surface area contributed by atoms with Crippen molar-refractivity contribution in [3.63, 3.8) is 0 Å². The average Bonchev–Trinajstić information content (AvgIpc) is 2.21. The maximum atomic E-state index is 4.16. The molecule has 0 radical (unpaired) electrons. The minimum atomic E-state index is 0.177. The van der Waals surface area contributed by atoms with Crippen LogP contribution >= 0.6 is 0 Å². The molecular formula is C14H30N2. The Morgan fingerprint density at radius 1 is 1.31 bits per heavy atom. The number of likely N-dealkylation sites (N-methyl/N-ethyl adjacent to an activating group) is 1. The number of nitrogens with one attached hydrogen (secondary N) is 1. The summed E-state index contributed by atoms with van der Waals surface area (Å²) in [6.45, 7) is 20.5. The minimum Gasteiger partial charge on any atom is -0.308 e. The van der Waals surface area contributed by atoms with Crippen molar-refractivity contribution in [2.45, 2.75) is 59.5 Å². The van der Waals surface area contributed by atoms with E-state index >= 15 is 0 Å². The van der Waals surface area contributed by atoms with Crippen LogP contribution in [0.1, 0.15) is 48.0 Å². The van der Waals surface area contributed by atoms with Crippen molar-refractivity contribution in [1.29, 1.82) is 0 Å². The molecule has 1 atom stereocenters. The van der Waals surface area contributed by atoms with E-state index in [4.69, 9.17) is 0 Å². The van der Waals surface area contributed by atoms with Crippen LogP contribution in [0.25, 0.3) is 0 Å². The zero-order valence-electron chi connectivity index (χ0n) is 12.1. The van der Waals surface area contributed by atoms with Crippen molar-refractivity contribution in [2.75, 3.05) is 19.6 Å². The van der Waals surface area contributed by atoms with Gasteiger partial charge in [0.1, 0.15) is 0 Å². The van der Waals surface area contributed by atoms with E-state index in [0.29, 0.717) is 6.04 Å². The Morgan fingerprint density at radius 2 is 1.88 bits per heavy atom. The molecule has 2 heteroatoms. The lowest BCUT2D eigenvalue weighted by atomic mass is 10.1. The van der Waals surface area contributed by atoms with Crippen LogP contribution in [-0.2, 0) is 0 Å². The van der Waals surface area contributed by atoms with Crippen molar-refractivity contribution in [3.05, 3.63) is 12.2 Å². The van der Waals surface area contributed by atoms with E-state index in [-0.39, 0.29) is 5.54 Å². The van der Waals surface area contributed by atoms with Crippen LogP contribution in [0.5, 0.6) is 0 Å². The Hall–Kier alpha value is -0.340. The van der Waals surface area contributed by atoms with Gasteiger partial charge in [-0.2, -0.15) is 0 Å². The first kappa shape index (κ1) is 15.7. The van der Waals surface area contributed by atoms with Gasteiger partial charge in [0.2, 0.25) is 0 Å². The van der Waals surface area contributed by atoms with E-state index in [1.54, 1.807) is 0 Å². The molecule has 0 aliphatic heterocycles. The molecule has 0 aliphatic rings. The van der Waals surface area contributed by atoms with Crippen LogP contribution in [0.2, 0.25) is 0 Å². The summed E-state index contributed by atoms with van der Waals surface area (Å²) in [4.78, 5) is 2.48. The summed E-state index contributed by atoms with van der Waals surface area (Å²) in [6.07, 6.45) is 1.20. The van der Waals surface area contributed by atoms with Crippen LogP contribution in [0.4, 0.5) is 0 Å². The molecule has 0 fully saturated rings. The van der Waals surface area contributed by atoms with E-state index in [9.17, 15) is 0 Å². The molecule has 2 nitrogen and oxygen atoms in total. The molecule has 0 bridgehead atoms. The molecule has 0 rings (SSSR count). The first-order valence-electron chi connectivity index (χ1n) is 6.45. The summed E-state index contributed by atoms with van der Waals surface area (Å²) in [5.74, 6) is 0. The highest BCUT2D eigenvalue weighted by molar-refractivity contribution is 5.01. The first-order valence-corrected chi connectivity index (χ1v) is 6.45. The van der Waals surface area contributed by atoms with Gasteiger partial charge in [-0.25, -0.2) is 0 Å². The van der Waals surface area contributed by atoms with Crippen LogP contribution in [-0.4, -0.2) is 36.1 Å². The van der Waals surface area contributed by atoms with Crippen LogP contribution < -0.4 is 5.32 Å². The summed E-state index contributed by atoms with van der Waals surface area (Å²) in [7, 11) is 0. The van der Waals surface area contributed by atoms with E-state index < -0.39 is 0 Å². The number of hydrogen-bond donors (Lipinski definition) is 1. The van der Waals surface area contributed by atoms with Gasteiger partial charge in [0.25, 0.3) is 0 Å². The average molecular weight is 226 g/mol. The third-order valence-corrected chi connectivity index (χ3v) is 2.92. The Balaban J connectivity index is 4.02. The SMILES string of the molecule is C=C(CNC(C)(C)C)CN(CC)C(C)CC. The summed E-state index contributed by atoms with van der Waals surface area (Å²) < 4.78 is 0. The molecule has 0 saturated carbocycles. The molecule has 0 aromatic rings. The molecule has 0 amide bonds. The fraction of sp³-hybridized carbons (Fsp3) is 0.857. The van der Waals surface area contributed by atoms with E-state index in [0.717, 1.165) is 19.6 Å². The van der Waals surface area contributed by atoms with Crippen molar-refractivity contribution in [2.24, 2.45) is 0 Å². The van der Waals surface area contributed by atoms with Gasteiger partial charge < -0.3 is 5.32 Å². The second kappa shape index (κ2) is 7.08. The Labute approximate surface area is 102 Å². The van der Waals surface area contributed by atoms with E-state index in [1.807, 2.05) is 0 Å². The standard InChI is InChI=1S/C14H30N2/c1-8-13(4)16(9-2)11-12(3)10-15-14(5,6)7/h13,15H,3,8-11H2,1-2,4-7H3. The highest BCUT2D eigenvalue weighted by atomic mass is 15.1. The molecule has 0 aromatic carbocycles. The predicted octanol–water partition coefficient (Wildman–Crippen LogP) is 3.05. The molecule has 0 aromatic heterocycles. The fourth-order valence-electron chi connectivity index (χ4n) is 1.57. The third-order valence-electron chi connectivity index (χ3n) is 2.92. The molecule has 0 spiro atoms. The lowest BCUT2D eigenvalue weighted by Gasteiger charge is -2.29. The van der Waals surface area contributed by atoms with Crippen LogP contribution in [0.15, 0.2) is 12.2 Å². The summed E-state index contributed by atoms with van der Waals surface area (Å²) in [6, 6.07) is 0.649. The second-order valence-electron chi connectivity index (χ2n) is 5.67. The van der Waals surface area contributed by atoms with Gasteiger partial charge in [-0.15, -0.1) is 0 Å². The third kappa shape index (κ3) is 7.02. The van der Waals surface area contributed by atoms with Gasteiger partial charge in [-0.1, -0.05) is 20.4 Å². The zero-order chi connectivity index (χ0) is 12.8. The molecular weight excluding hydrogens is 196 g/mol. The quantitative estimate of drug-likeness (QED) is 0.671. The minimum absolute atomic E-state index is 0.177. The van der Waals surface area contributed by atoms with Crippen LogP contribution in [0.3, 0.4) is 0 Å². The molecule has 16 heavy (non-hydrogen) atoms. The van der Waals surface area contributed by atoms with Crippen molar-refractivity contribution in [3.8, 4) is 0 Å². The van der Waals surface area contributed by atoms with Gasteiger partial charge >= 0.3 is 0 Å². The number of hydrogen-bond acceptors (Lipinski definition) is 2. The predicted molar refractivity (Wildman–Crippen MR) is 73.9 cm³/mol. The largest absolute Gasteiger partial charge is 0.308 e. The Kier molecular flexibility index (Phi) is 6.93. The second-order valence-corrected chi connectivity index (χ2v) is 5.67. The van der Waals surface area contributed by atoms with Gasteiger partial charge in [-0.3, -0.25) is 4.90 Å². The summed E-state index contributed by atoms with van der Waals surface area (Å²) in [5, 5.41) is 3.48. The summed E-state index contributed by atoms with van der Waals surface area (Å²) >= 11 is 0. The maximum absolute atomic E-state index is 4.16. The Bertz CT molecular complexity index is 203. The lowest BCUT2D eigenvalue weighted by molar-refractivity contribution is 0.230. The molecule has 1 unspecified atom stereocenters. The van der Waals surface area contributed by atoms with Gasteiger partial charge in [0.15, 0.2) is 0 Å². The summed E-state index contributed by atoms with van der Waals surface area (Å²) in [5.41, 5.74) is 1.45. The van der Waals surface area contributed by atoms with Gasteiger partial charge in [-0.05, 0) is 46.2 Å². The van der Waals surface area contributed by atoms with E-state index in [1.165, 1.54) is 12.0 Å². The zero-order valence-corrected chi connectivity index (χ0v) is 12.1. The van der Waals surface area contributed by atoms with Crippen LogP contribution in [0, 0.1) is 0 Å². The van der Waals surface area contributed by atoms with Gasteiger partial charge in [0, 0.05) is 24.7 Å². The highest BCUT2D eigenvalue weighted by Gasteiger charge is 2.13.